The molecule has 1 atom stereocenters. The van der Waals surface area contributed by atoms with Gasteiger partial charge in [-0.05, 0) is 24.6 Å². The third-order valence-electron chi connectivity index (χ3n) is 3.38. The van der Waals surface area contributed by atoms with Crippen LogP contribution in [0.4, 0.5) is 4.79 Å². The van der Waals surface area contributed by atoms with Crippen molar-refractivity contribution in [2.45, 2.75) is 19.9 Å². The van der Waals surface area contributed by atoms with Gasteiger partial charge in [-0.1, -0.05) is 23.7 Å². The fourth-order valence-electron chi connectivity index (χ4n) is 2.40. The van der Waals surface area contributed by atoms with Crippen LogP contribution in [0.5, 0.6) is 0 Å². The van der Waals surface area contributed by atoms with Crippen molar-refractivity contribution >= 4 is 29.5 Å². The van der Waals surface area contributed by atoms with Gasteiger partial charge in [-0.25, -0.2) is 9.59 Å². The SMILES string of the molecule is COC(=O)C1=C(C)NC(=O)N(C(C)=O)C1c1ccc(Cl)cc1. The molecule has 0 saturated heterocycles. The van der Waals surface area contributed by atoms with Crippen molar-refractivity contribution in [2.24, 2.45) is 0 Å². The first-order chi connectivity index (χ1) is 10.4. The van der Waals surface area contributed by atoms with Gasteiger partial charge in [-0.2, -0.15) is 0 Å². The number of allylic oxidation sites excluding steroid dienone is 1. The average molecular weight is 323 g/mol. The Morgan fingerprint density at radius 1 is 1.27 bits per heavy atom. The van der Waals surface area contributed by atoms with Crippen LogP contribution in [0.3, 0.4) is 0 Å². The molecule has 116 valence electrons. The number of halogens is 1. The highest BCUT2D eigenvalue weighted by Crippen LogP contribution is 2.34. The highest BCUT2D eigenvalue weighted by Gasteiger charge is 2.40. The second-order valence-electron chi connectivity index (χ2n) is 4.80. The molecule has 1 aliphatic rings. The molecule has 0 spiro atoms. The molecule has 6 nitrogen and oxygen atoms in total. The Morgan fingerprint density at radius 2 is 1.86 bits per heavy atom. The van der Waals surface area contributed by atoms with Crippen LogP contribution in [-0.4, -0.2) is 29.9 Å². The van der Waals surface area contributed by atoms with E-state index >= 15 is 0 Å². The first-order valence-corrected chi connectivity index (χ1v) is 6.90. The van der Waals surface area contributed by atoms with E-state index in [9.17, 15) is 14.4 Å². The summed E-state index contributed by atoms with van der Waals surface area (Å²) >= 11 is 5.87. The summed E-state index contributed by atoms with van der Waals surface area (Å²) in [5, 5.41) is 3.02. The summed E-state index contributed by atoms with van der Waals surface area (Å²) in [7, 11) is 1.25. The van der Waals surface area contributed by atoms with Gasteiger partial charge in [0, 0.05) is 17.6 Å². The zero-order valence-corrected chi connectivity index (χ0v) is 13.1. The molecule has 22 heavy (non-hydrogen) atoms. The molecule has 0 aliphatic carbocycles. The first kappa shape index (κ1) is 16.0. The minimum absolute atomic E-state index is 0.208. The lowest BCUT2D eigenvalue weighted by Gasteiger charge is -2.35. The van der Waals surface area contributed by atoms with E-state index in [1.165, 1.54) is 14.0 Å². The number of carbonyl (C=O) groups is 3. The first-order valence-electron chi connectivity index (χ1n) is 6.52. The maximum atomic E-state index is 12.1. The molecule has 0 fully saturated rings. The molecule has 7 heteroatoms. The molecule has 0 radical (unpaired) electrons. The maximum Gasteiger partial charge on any atom is 0.337 e. The van der Waals surface area contributed by atoms with Crippen molar-refractivity contribution in [3.05, 3.63) is 46.1 Å². The van der Waals surface area contributed by atoms with Gasteiger partial charge in [-0.15, -0.1) is 0 Å². The lowest BCUT2D eigenvalue weighted by Crippen LogP contribution is -2.50. The predicted octanol–water partition coefficient (Wildman–Crippen LogP) is 2.40. The number of amides is 3. The van der Waals surface area contributed by atoms with Crippen LogP contribution >= 0.6 is 11.6 Å². The highest BCUT2D eigenvalue weighted by molar-refractivity contribution is 6.30. The number of rotatable bonds is 2. The molecular formula is C15H15ClN2O4. The number of esters is 1. The van der Waals surface area contributed by atoms with Crippen molar-refractivity contribution in [1.82, 2.24) is 10.2 Å². The van der Waals surface area contributed by atoms with E-state index in [1.54, 1.807) is 31.2 Å². The van der Waals surface area contributed by atoms with Crippen molar-refractivity contribution in [3.8, 4) is 0 Å². The number of ether oxygens (including phenoxy) is 1. The van der Waals surface area contributed by atoms with Crippen molar-refractivity contribution in [2.75, 3.05) is 7.11 Å². The normalized spacial score (nSPS) is 18.1. The third kappa shape index (κ3) is 2.82. The minimum atomic E-state index is -0.851. The number of hydrogen-bond donors (Lipinski definition) is 1. The Bertz CT molecular complexity index is 667. The lowest BCUT2D eigenvalue weighted by molar-refractivity contribution is -0.137. The number of methoxy groups -OCH3 is 1. The van der Waals surface area contributed by atoms with E-state index in [0.29, 0.717) is 16.3 Å². The standard InChI is InChI=1S/C15H15ClN2O4/c1-8-12(14(20)22-3)13(10-4-6-11(16)7-5-10)18(9(2)19)15(21)17-8/h4-7,13H,1-3H3,(H,17,21). The molecule has 1 aromatic rings. The fourth-order valence-corrected chi connectivity index (χ4v) is 2.53. The van der Waals surface area contributed by atoms with Crippen molar-refractivity contribution in [3.63, 3.8) is 0 Å². The van der Waals surface area contributed by atoms with Crippen LogP contribution in [0.25, 0.3) is 0 Å². The number of hydrogen-bond acceptors (Lipinski definition) is 4. The number of imide groups is 1. The summed E-state index contributed by atoms with van der Waals surface area (Å²) in [6.07, 6.45) is 0. The quantitative estimate of drug-likeness (QED) is 0.848. The van der Waals surface area contributed by atoms with Gasteiger partial charge in [0.15, 0.2) is 0 Å². The molecule has 2 rings (SSSR count). The Balaban J connectivity index is 2.64. The van der Waals surface area contributed by atoms with Gasteiger partial charge in [0.2, 0.25) is 5.91 Å². The van der Waals surface area contributed by atoms with Gasteiger partial charge >= 0.3 is 12.0 Å². The monoisotopic (exact) mass is 322 g/mol. The molecule has 1 heterocycles. The molecule has 3 amide bonds. The van der Waals surface area contributed by atoms with Gasteiger partial charge in [0.25, 0.3) is 0 Å². The summed E-state index contributed by atoms with van der Waals surface area (Å²) in [5.41, 5.74) is 1.16. The van der Waals surface area contributed by atoms with E-state index in [0.717, 1.165) is 4.90 Å². The fraction of sp³-hybridized carbons (Fsp3) is 0.267. The molecule has 1 aliphatic heterocycles. The third-order valence-corrected chi connectivity index (χ3v) is 3.63. The van der Waals surface area contributed by atoms with Crippen LogP contribution in [0.2, 0.25) is 5.02 Å². The minimum Gasteiger partial charge on any atom is -0.466 e. The number of nitrogens with one attached hydrogen (secondary N) is 1. The van der Waals surface area contributed by atoms with E-state index in [4.69, 9.17) is 16.3 Å². The summed E-state index contributed by atoms with van der Waals surface area (Å²) in [6, 6.07) is 5.15. The van der Waals surface area contributed by atoms with Crippen LogP contribution in [0.15, 0.2) is 35.5 Å². The Labute approximate surface area is 132 Å². The van der Waals surface area contributed by atoms with E-state index in [2.05, 4.69) is 5.32 Å². The number of carbonyl (C=O) groups excluding carboxylic acids is 3. The topological polar surface area (TPSA) is 75.7 Å². The summed E-state index contributed by atoms with van der Waals surface area (Å²) < 4.78 is 4.79. The molecule has 1 aromatic carbocycles. The van der Waals surface area contributed by atoms with E-state index < -0.39 is 23.9 Å². The largest absolute Gasteiger partial charge is 0.466 e. The average Bonchev–Trinajstić information content (AvgIpc) is 2.46. The number of benzene rings is 1. The molecule has 1 N–H and O–H groups in total. The smallest absolute Gasteiger partial charge is 0.337 e. The van der Waals surface area contributed by atoms with Gasteiger partial charge < -0.3 is 10.1 Å². The van der Waals surface area contributed by atoms with Crippen LogP contribution in [0.1, 0.15) is 25.5 Å². The van der Waals surface area contributed by atoms with Crippen molar-refractivity contribution in [1.29, 1.82) is 0 Å². The van der Waals surface area contributed by atoms with E-state index in [-0.39, 0.29) is 5.57 Å². The van der Waals surface area contributed by atoms with Gasteiger partial charge in [0.1, 0.15) is 6.04 Å². The van der Waals surface area contributed by atoms with Gasteiger partial charge in [-0.3, -0.25) is 9.69 Å². The molecule has 0 aromatic heterocycles. The zero-order chi connectivity index (χ0) is 16.4. The van der Waals surface area contributed by atoms with Gasteiger partial charge in [0.05, 0.1) is 12.7 Å². The molecule has 1 unspecified atom stereocenters. The van der Waals surface area contributed by atoms with Crippen LogP contribution in [0, 0.1) is 0 Å². The number of urea groups is 1. The summed E-state index contributed by atoms with van der Waals surface area (Å²) in [4.78, 5) is 37.1. The predicted molar refractivity (Wildman–Crippen MR) is 80.0 cm³/mol. The molecule has 0 bridgehead atoms. The Morgan fingerprint density at radius 3 is 2.36 bits per heavy atom. The Hall–Kier alpha value is -2.34. The maximum absolute atomic E-state index is 12.1. The Kier molecular flexibility index (Phi) is 4.51. The highest BCUT2D eigenvalue weighted by atomic mass is 35.5. The van der Waals surface area contributed by atoms with E-state index in [1.807, 2.05) is 0 Å². The zero-order valence-electron chi connectivity index (χ0n) is 12.3. The second-order valence-corrected chi connectivity index (χ2v) is 5.24. The summed E-state index contributed by atoms with van der Waals surface area (Å²) in [6.45, 7) is 2.85. The van der Waals surface area contributed by atoms with Crippen LogP contribution in [-0.2, 0) is 14.3 Å². The number of nitrogens with zero attached hydrogens (tertiary/aromatic N) is 1. The second kappa shape index (κ2) is 6.19. The summed E-state index contributed by atoms with van der Waals surface area (Å²) in [5.74, 6) is -1.09. The molecular weight excluding hydrogens is 308 g/mol. The lowest BCUT2D eigenvalue weighted by atomic mass is 9.94. The van der Waals surface area contributed by atoms with Crippen LogP contribution < -0.4 is 5.32 Å². The van der Waals surface area contributed by atoms with Crippen molar-refractivity contribution < 1.29 is 19.1 Å². The molecule has 0 saturated carbocycles.